The molecule has 7 nitrogen and oxygen atoms in total. The lowest BCUT2D eigenvalue weighted by Gasteiger charge is -2.61. The van der Waals surface area contributed by atoms with Crippen LogP contribution in [0.4, 0.5) is 23.2 Å². The van der Waals surface area contributed by atoms with Gasteiger partial charge in [0.1, 0.15) is 11.2 Å². The maximum absolute atomic E-state index is 13.5. The lowest BCUT2D eigenvalue weighted by atomic mass is 9.47. The van der Waals surface area contributed by atoms with E-state index in [4.69, 9.17) is 11.6 Å². The fraction of sp³-hybridized carbons (Fsp3) is 0.450. The molecule has 1 heterocycles. The second-order valence-electron chi connectivity index (χ2n) is 8.59. The average Bonchev–Trinajstić information content (AvgIpc) is 3.06. The molecule has 0 saturated heterocycles. The summed E-state index contributed by atoms with van der Waals surface area (Å²) >= 11 is 5.82. The van der Waals surface area contributed by atoms with Crippen LogP contribution in [0, 0.1) is 5.41 Å². The molecule has 4 rings (SSSR count). The summed E-state index contributed by atoms with van der Waals surface area (Å²) in [5.74, 6) is -4.39. The molecule has 1 aromatic carbocycles. The number of amides is 2. The number of benzene rings is 1. The number of aromatic nitrogens is 2. The van der Waals surface area contributed by atoms with Crippen LogP contribution in [0.1, 0.15) is 48.2 Å². The number of carbonyl (C=O) groups is 2. The number of hydrazine groups is 1. The lowest BCUT2D eigenvalue weighted by molar-refractivity contribution is -0.215. The summed E-state index contributed by atoms with van der Waals surface area (Å²) in [6.45, 7) is 0. The molecule has 0 bridgehead atoms. The predicted octanol–water partition coefficient (Wildman–Crippen LogP) is 3.83. The average molecular weight is 474 g/mol. The zero-order valence-corrected chi connectivity index (χ0v) is 17.6. The first-order valence-electron chi connectivity index (χ1n) is 9.77. The van der Waals surface area contributed by atoms with Gasteiger partial charge in [0.15, 0.2) is 0 Å². The minimum atomic E-state index is -2.99. The molecule has 0 atom stereocenters. The van der Waals surface area contributed by atoms with Crippen molar-refractivity contribution < 1.29 is 27.2 Å². The fourth-order valence-corrected chi connectivity index (χ4v) is 4.86. The number of aryl methyl sites for hydroxylation is 1. The van der Waals surface area contributed by atoms with Crippen molar-refractivity contribution in [3.63, 3.8) is 0 Å². The van der Waals surface area contributed by atoms with Crippen molar-refractivity contribution in [2.24, 2.45) is 12.5 Å². The van der Waals surface area contributed by atoms with E-state index in [-0.39, 0.29) is 31.2 Å². The van der Waals surface area contributed by atoms with Gasteiger partial charge in [-0.1, -0.05) is 11.6 Å². The smallest absolute Gasteiger partial charge is 0.282 e. The molecular formula is C20H20ClF4N5O2. The van der Waals surface area contributed by atoms with Crippen LogP contribution in [-0.4, -0.2) is 33.1 Å². The molecule has 0 radical (unpaired) electrons. The van der Waals surface area contributed by atoms with Gasteiger partial charge in [-0.2, -0.15) is 5.10 Å². The Bertz CT molecular complexity index is 1040. The standard InChI is InChI=1S/C20H20ClF4N5O2/c1-30-6-13(14(29-30)15(22)23)16(31)26-19(7-18(8-19)9-20(24,25)10-18)17(32)28-27-12-4-2-11(21)3-5-12/h2-6,15,27H,7-10H2,1H3,(H,26,31)(H,28,32). The van der Waals surface area contributed by atoms with Gasteiger partial charge in [-0.15, -0.1) is 0 Å². The largest absolute Gasteiger partial charge is 0.337 e. The Morgan fingerprint density at radius 2 is 1.75 bits per heavy atom. The van der Waals surface area contributed by atoms with Gasteiger partial charge >= 0.3 is 0 Å². The molecule has 2 saturated carbocycles. The molecule has 2 aromatic rings. The molecule has 0 unspecified atom stereocenters. The summed E-state index contributed by atoms with van der Waals surface area (Å²) in [7, 11) is 1.38. The van der Waals surface area contributed by atoms with Gasteiger partial charge in [0.25, 0.3) is 18.2 Å². The van der Waals surface area contributed by atoms with Crippen LogP contribution in [0.15, 0.2) is 30.5 Å². The molecular weight excluding hydrogens is 454 g/mol. The molecule has 12 heteroatoms. The van der Waals surface area contributed by atoms with Crippen LogP contribution in [-0.2, 0) is 11.8 Å². The minimum Gasteiger partial charge on any atom is -0.337 e. The number of nitrogens with one attached hydrogen (secondary N) is 3. The Kier molecular flexibility index (Phi) is 5.35. The Hall–Kier alpha value is -2.82. The van der Waals surface area contributed by atoms with E-state index in [0.717, 1.165) is 10.9 Å². The van der Waals surface area contributed by atoms with E-state index in [2.05, 4.69) is 21.3 Å². The first-order valence-corrected chi connectivity index (χ1v) is 10.1. The second-order valence-corrected chi connectivity index (χ2v) is 9.02. The van der Waals surface area contributed by atoms with Crippen molar-refractivity contribution in [1.29, 1.82) is 0 Å². The van der Waals surface area contributed by atoms with E-state index in [1.54, 1.807) is 24.3 Å². The van der Waals surface area contributed by atoms with E-state index < -0.39 is 40.8 Å². The summed E-state index contributed by atoms with van der Waals surface area (Å²) in [6.07, 6.45) is -2.69. The SMILES string of the molecule is Cn1cc(C(=O)NC2(C(=O)NNc3ccc(Cl)cc3)CC3(CC(F)(F)C3)C2)c(C(F)F)n1. The summed E-state index contributed by atoms with van der Waals surface area (Å²) in [5.41, 5.74) is 2.25. The maximum atomic E-state index is 13.5. The number of rotatable bonds is 6. The molecule has 2 fully saturated rings. The Morgan fingerprint density at radius 1 is 1.12 bits per heavy atom. The molecule has 3 N–H and O–H groups in total. The molecule has 2 aliphatic rings. The first-order chi connectivity index (χ1) is 14.9. The van der Waals surface area contributed by atoms with Crippen molar-refractivity contribution in [1.82, 2.24) is 20.5 Å². The van der Waals surface area contributed by atoms with Gasteiger partial charge in [0.05, 0.1) is 11.3 Å². The van der Waals surface area contributed by atoms with Crippen LogP contribution >= 0.6 is 11.6 Å². The number of anilines is 1. The molecule has 0 aliphatic heterocycles. The zero-order valence-electron chi connectivity index (χ0n) is 16.9. The fourth-order valence-electron chi connectivity index (χ4n) is 4.74. The van der Waals surface area contributed by atoms with E-state index >= 15 is 0 Å². The van der Waals surface area contributed by atoms with Gasteiger partial charge in [0.2, 0.25) is 5.92 Å². The summed E-state index contributed by atoms with van der Waals surface area (Å²) < 4.78 is 54.5. The molecule has 1 spiro atoms. The predicted molar refractivity (Wildman–Crippen MR) is 107 cm³/mol. The van der Waals surface area contributed by atoms with E-state index in [0.29, 0.717) is 10.7 Å². The van der Waals surface area contributed by atoms with Crippen LogP contribution in [0.25, 0.3) is 0 Å². The lowest BCUT2D eigenvalue weighted by Crippen LogP contribution is -2.73. The molecule has 2 aliphatic carbocycles. The number of hydrogen-bond donors (Lipinski definition) is 3. The van der Waals surface area contributed by atoms with Crippen molar-refractivity contribution in [2.75, 3.05) is 5.43 Å². The Labute approximate surface area is 185 Å². The van der Waals surface area contributed by atoms with Crippen molar-refractivity contribution in [3.05, 3.63) is 46.7 Å². The van der Waals surface area contributed by atoms with Crippen molar-refractivity contribution in [2.45, 2.75) is 43.6 Å². The second kappa shape index (κ2) is 7.65. The summed E-state index contributed by atoms with van der Waals surface area (Å²) in [4.78, 5) is 25.8. The van der Waals surface area contributed by atoms with Gasteiger partial charge in [-0.05, 0) is 42.5 Å². The zero-order chi connectivity index (χ0) is 23.3. The topological polar surface area (TPSA) is 88.0 Å². The summed E-state index contributed by atoms with van der Waals surface area (Å²) in [6, 6.07) is 6.40. The number of alkyl halides is 4. The Morgan fingerprint density at radius 3 is 2.31 bits per heavy atom. The normalized spacial score (nSPS) is 19.7. The molecule has 32 heavy (non-hydrogen) atoms. The number of nitrogens with zero attached hydrogens (tertiary/aromatic N) is 2. The minimum absolute atomic E-state index is 0.0280. The molecule has 1 aromatic heterocycles. The van der Waals surface area contributed by atoms with Crippen molar-refractivity contribution in [3.8, 4) is 0 Å². The number of carbonyl (C=O) groups excluding carboxylic acids is 2. The third-order valence-electron chi connectivity index (χ3n) is 5.88. The highest BCUT2D eigenvalue weighted by atomic mass is 35.5. The molecule has 2 amide bonds. The van der Waals surface area contributed by atoms with E-state index in [1.165, 1.54) is 7.05 Å². The highest BCUT2D eigenvalue weighted by Crippen LogP contribution is 2.65. The first kappa shape index (κ1) is 22.4. The van der Waals surface area contributed by atoms with E-state index in [9.17, 15) is 27.2 Å². The third-order valence-corrected chi connectivity index (χ3v) is 6.13. The molecule has 172 valence electrons. The maximum Gasteiger partial charge on any atom is 0.282 e. The summed E-state index contributed by atoms with van der Waals surface area (Å²) in [5, 5.41) is 6.59. The highest BCUT2D eigenvalue weighted by Gasteiger charge is 2.69. The highest BCUT2D eigenvalue weighted by molar-refractivity contribution is 6.30. The van der Waals surface area contributed by atoms with Gasteiger partial charge in [-0.25, -0.2) is 17.6 Å². The van der Waals surface area contributed by atoms with Crippen molar-refractivity contribution >= 4 is 29.1 Å². The van der Waals surface area contributed by atoms with Gasteiger partial charge < -0.3 is 5.32 Å². The van der Waals surface area contributed by atoms with Crippen LogP contribution in [0.3, 0.4) is 0 Å². The van der Waals surface area contributed by atoms with Crippen LogP contribution in [0.2, 0.25) is 5.02 Å². The monoisotopic (exact) mass is 473 g/mol. The van der Waals surface area contributed by atoms with Gasteiger partial charge in [0, 0.05) is 31.1 Å². The quantitative estimate of drug-likeness (QED) is 0.439. The number of halogens is 5. The van der Waals surface area contributed by atoms with Gasteiger partial charge in [-0.3, -0.25) is 25.1 Å². The number of hydrogen-bond acceptors (Lipinski definition) is 4. The van der Waals surface area contributed by atoms with Crippen LogP contribution in [0.5, 0.6) is 0 Å². The van der Waals surface area contributed by atoms with E-state index in [1.807, 2.05) is 0 Å². The third kappa shape index (κ3) is 4.13. The van der Waals surface area contributed by atoms with Crippen LogP contribution < -0.4 is 16.2 Å². The Balaban J connectivity index is 1.52.